The molecule has 4 heterocycles. The van der Waals surface area contributed by atoms with Crippen LogP contribution in [0.25, 0.3) is 28.1 Å². The highest BCUT2D eigenvalue weighted by Crippen LogP contribution is 2.33. The number of pyridine rings is 1. The van der Waals surface area contributed by atoms with Gasteiger partial charge < -0.3 is 33.7 Å². The highest BCUT2D eigenvalue weighted by atomic mass is 19.4. The van der Waals surface area contributed by atoms with Crippen LogP contribution < -0.4 is 20.1 Å². The van der Waals surface area contributed by atoms with Gasteiger partial charge in [-0.25, -0.2) is 9.97 Å². The number of alkyl halides is 3. The summed E-state index contributed by atoms with van der Waals surface area (Å²) in [6.07, 6.45) is -1.48. The van der Waals surface area contributed by atoms with Crippen LogP contribution in [0.1, 0.15) is 12.8 Å². The van der Waals surface area contributed by atoms with Crippen molar-refractivity contribution in [2.45, 2.75) is 25.0 Å². The average molecular weight is 647 g/mol. The molecule has 1 N–H and O–H groups in total. The molecule has 0 unspecified atom stereocenters. The molecular formula is C34H33F3N6O4. The lowest BCUT2D eigenvalue weighted by molar-refractivity contribution is -0.274. The SMILES string of the molecule is COc1ncccc1Nc1cc2nc3ccccc3n(-c3ccc(OC(F)(F)F)cc3)c-2cc1=NCCN1CCC2(CC1)OCCO2. The summed E-state index contributed by atoms with van der Waals surface area (Å²) in [5, 5.41) is 4.12. The van der Waals surface area contributed by atoms with E-state index in [1.807, 2.05) is 53.1 Å². The zero-order chi connectivity index (χ0) is 32.4. The normalized spacial score (nSPS) is 17.1. The topological polar surface area (TPSA) is 95.3 Å². The van der Waals surface area contributed by atoms with E-state index in [1.54, 1.807) is 25.4 Å². The van der Waals surface area contributed by atoms with Crippen LogP contribution >= 0.6 is 0 Å². The highest BCUT2D eigenvalue weighted by Gasteiger charge is 2.39. The van der Waals surface area contributed by atoms with Crippen molar-refractivity contribution in [1.29, 1.82) is 0 Å². The lowest BCUT2D eigenvalue weighted by atomic mass is 10.0. The Labute approximate surface area is 268 Å². The van der Waals surface area contributed by atoms with Gasteiger partial charge in [-0.15, -0.1) is 13.2 Å². The van der Waals surface area contributed by atoms with Gasteiger partial charge in [-0.05, 0) is 60.7 Å². The van der Waals surface area contributed by atoms with Crippen molar-refractivity contribution >= 4 is 22.4 Å². The highest BCUT2D eigenvalue weighted by molar-refractivity contribution is 5.84. The molecule has 0 saturated carbocycles. The van der Waals surface area contributed by atoms with Crippen LogP contribution in [0.15, 0.2) is 84.0 Å². The Hall–Kier alpha value is -4.72. The number of benzene rings is 3. The molecule has 2 aromatic carbocycles. The van der Waals surface area contributed by atoms with E-state index in [1.165, 1.54) is 12.1 Å². The van der Waals surface area contributed by atoms with Gasteiger partial charge in [0.25, 0.3) is 0 Å². The molecule has 13 heteroatoms. The van der Waals surface area contributed by atoms with Crippen LogP contribution in [0.5, 0.6) is 11.6 Å². The third-order valence-electron chi connectivity index (χ3n) is 8.39. The third kappa shape index (κ3) is 6.73. The number of nitrogens with zero attached hydrogens (tertiary/aromatic N) is 5. The molecule has 0 atom stereocenters. The summed E-state index contributed by atoms with van der Waals surface area (Å²) in [6.45, 7) is 4.28. The number of halogens is 3. The van der Waals surface area contributed by atoms with E-state index in [-0.39, 0.29) is 5.75 Å². The third-order valence-corrected chi connectivity index (χ3v) is 8.39. The largest absolute Gasteiger partial charge is 0.573 e. The maximum Gasteiger partial charge on any atom is 0.573 e. The number of anilines is 2. The summed E-state index contributed by atoms with van der Waals surface area (Å²) in [4.78, 5) is 16.7. The fourth-order valence-electron chi connectivity index (χ4n) is 6.16. The molecule has 4 aliphatic rings. The standard InChI is InChI=1S/C34H33F3N6O4/c1-44-32-26(6-4-14-39-32)41-28-21-29-31(22-27(28)38-15-18-42-16-12-33(13-17-42)45-19-20-46-33)43(30-7-3-2-5-25(30)40-29)23-8-10-24(11-9-23)47-34(35,36)37/h2-11,14,21-22,41H,12-13,15-20H2,1H3. The molecule has 1 aliphatic carbocycles. The molecule has 10 nitrogen and oxygen atoms in total. The lowest BCUT2D eigenvalue weighted by Crippen LogP contribution is -2.45. The second-order valence-electron chi connectivity index (χ2n) is 11.4. The van der Waals surface area contributed by atoms with E-state index < -0.39 is 12.1 Å². The fourth-order valence-corrected chi connectivity index (χ4v) is 6.16. The second kappa shape index (κ2) is 12.8. The van der Waals surface area contributed by atoms with Crippen molar-refractivity contribution < 1.29 is 32.1 Å². The van der Waals surface area contributed by atoms with Gasteiger partial charge >= 0.3 is 6.36 Å². The molecule has 0 bridgehead atoms. The molecule has 0 amide bonds. The van der Waals surface area contributed by atoms with Crippen molar-refractivity contribution in [3.63, 3.8) is 0 Å². The van der Waals surface area contributed by atoms with Crippen molar-refractivity contribution in [1.82, 2.24) is 19.4 Å². The van der Waals surface area contributed by atoms with E-state index in [2.05, 4.69) is 19.9 Å². The number of likely N-dealkylation sites (tertiary alicyclic amines) is 1. The van der Waals surface area contributed by atoms with Gasteiger partial charge in [0.05, 0.1) is 60.3 Å². The summed E-state index contributed by atoms with van der Waals surface area (Å²) in [5.74, 6) is -0.307. The Balaban J connectivity index is 1.29. The molecule has 244 valence electrons. The zero-order valence-electron chi connectivity index (χ0n) is 25.7. The average Bonchev–Trinajstić information content (AvgIpc) is 3.52. The Morgan fingerprint density at radius 1 is 0.957 bits per heavy atom. The molecule has 2 fully saturated rings. The number of rotatable bonds is 8. The van der Waals surface area contributed by atoms with Gasteiger partial charge in [-0.3, -0.25) is 4.99 Å². The summed E-state index contributed by atoms with van der Waals surface area (Å²) in [5.41, 5.74) is 4.89. The summed E-state index contributed by atoms with van der Waals surface area (Å²) >= 11 is 0. The summed E-state index contributed by atoms with van der Waals surface area (Å²) in [6, 6.07) is 21.0. The number of methoxy groups -OCH3 is 1. The minimum Gasteiger partial charge on any atom is -0.480 e. The maximum atomic E-state index is 12.9. The van der Waals surface area contributed by atoms with Crippen molar-refractivity contribution in [2.75, 3.05) is 51.8 Å². The fraction of sp³-hybridized carbons (Fsp3) is 0.324. The Bertz CT molecular complexity index is 1900. The van der Waals surface area contributed by atoms with Crippen molar-refractivity contribution in [3.05, 3.63) is 84.4 Å². The molecule has 1 aromatic heterocycles. The van der Waals surface area contributed by atoms with Crippen LogP contribution in [0.4, 0.5) is 24.5 Å². The first kappa shape index (κ1) is 30.9. The Kier molecular flexibility index (Phi) is 8.43. The zero-order valence-corrected chi connectivity index (χ0v) is 25.7. The van der Waals surface area contributed by atoms with Crippen LogP contribution in [0.3, 0.4) is 0 Å². The monoisotopic (exact) mass is 646 g/mol. The lowest BCUT2D eigenvalue weighted by Gasteiger charge is -2.37. The molecule has 2 saturated heterocycles. The quantitative estimate of drug-likeness (QED) is 0.208. The van der Waals surface area contributed by atoms with Crippen molar-refractivity contribution in [3.8, 4) is 28.7 Å². The van der Waals surface area contributed by atoms with Crippen LogP contribution in [0, 0.1) is 0 Å². The molecule has 3 aliphatic heterocycles. The molecule has 0 radical (unpaired) electrons. The Morgan fingerprint density at radius 2 is 1.72 bits per heavy atom. The first-order chi connectivity index (χ1) is 22.8. The summed E-state index contributed by atoms with van der Waals surface area (Å²) in [7, 11) is 1.56. The number of para-hydroxylation sites is 2. The predicted octanol–water partition coefficient (Wildman–Crippen LogP) is 5.92. The van der Waals surface area contributed by atoms with Gasteiger partial charge in [0.1, 0.15) is 11.4 Å². The van der Waals surface area contributed by atoms with Crippen molar-refractivity contribution in [2.24, 2.45) is 4.99 Å². The molecule has 3 aromatic rings. The number of hydrogen-bond donors (Lipinski definition) is 1. The van der Waals surface area contributed by atoms with E-state index in [0.717, 1.165) is 43.7 Å². The van der Waals surface area contributed by atoms with E-state index in [9.17, 15) is 13.2 Å². The van der Waals surface area contributed by atoms with Crippen LogP contribution in [-0.4, -0.2) is 78.1 Å². The minimum atomic E-state index is -4.78. The number of aromatic nitrogens is 3. The predicted molar refractivity (Wildman–Crippen MR) is 169 cm³/mol. The number of fused-ring (bicyclic) bond motifs is 2. The van der Waals surface area contributed by atoms with E-state index in [0.29, 0.717) is 59.3 Å². The smallest absolute Gasteiger partial charge is 0.480 e. The van der Waals surface area contributed by atoms with Gasteiger partial charge in [0.2, 0.25) is 5.88 Å². The van der Waals surface area contributed by atoms with E-state index in [4.69, 9.17) is 24.2 Å². The number of nitrogens with one attached hydrogen (secondary N) is 1. The first-order valence-electron chi connectivity index (χ1n) is 15.4. The number of ether oxygens (including phenoxy) is 4. The maximum absolute atomic E-state index is 12.9. The van der Waals surface area contributed by atoms with Gasteiger partial charge in [-0.1, -0.05) is 12.1 Å². The molecule has 47 heavy (non-hydrogen) atoms. The molecular weight excluding hydrogens is 613 g/mol. The number of piperidine rings is 1. The molecule has 1 spiro atoms. The number of hydrogen-bond acceptors (Lipinski definition) is 9. The van der Waals surface area contributed by atoms with E-state index >= 15 is 0 Å². The van der Waals surface area contributed by atoms with Crippen LogP contribution in [-0.2, 0) is 9.47 Å². The minimum absolute atomic E-state index is 0.299. The Morgan fingerprint density at radius 3 is 2.47 bits per heavy atom. The first-order valence-corrected chi connectivity index (χ1v) is 15.4. The van der Waals surface area contributed by atoms with Gasteiger partial charge in [-0.2, -0.15) is 0 Å². The molecule has 7 rings (SSSR count). The second-order valence-corrected chi connectivity index (χ2v) is 11.4. The van der Waals surface area contributed by atoms with Crippen LogP contribution in [0.2, 0.25) is 0 Å². The summed E-state index contributed by atoms with van der Waals surface area (Å²) < 4.78 is 62.0. The van der Waals surface area contributed by atoms with Gasteiger partial charge in [0, 0.05) is 44.4 Å². The van der Waals surface area contributed by atoms with Gasteiger partial charge in [0.15, 0.2) is 5.79 Å².